The van der Waals surface area contributed by atoms with Gasteiger partial charge in [-0.3, -0.25) is 9.59 Å². The molecule has 0 aliphatic carbocycles. The largest absolute Gasteiger partial charge is 0.494 e. The first-order valence-corrected chi connectivity index (χ1v) is 8.27. The molecular formula is C17H18N2O4S. The molecule has 0 bridgehead atoms. The molecule has 0 radical (unpaired) electrons. The van der Waals surface area contributed by atoms with E-state index < -0.39 is 0 Å². The van der Waals surface area contributed by atoms with Crippen LogP contribution in [0.2, 0.25) is 0 Å². The van der Waals surface area contributed by atoms with Crippen LogP contribution >= 0.6 is 11.3 Å². The molecule has 7 heteroatoms. The van der Waals surface area contributed by atoms with E-state index in [1.54, 1.807) is 18.7 Å². The summed E-state index contributed by atoms with van der Waals surface area (Å²) in [5, 5.41) is 4.15. The fourth-order valence-corrected chi connectivity index (χ4v) is 3.94. The number of benzene rings is 1. The molecule has 2 aromatic heterocycles. The van der Waals surface area contributed by atoms with Gasteiger partial charge >= 0.3 is 0 Å². The number of amides is 1. The molecule has 3 aromatic rings. The van der Waals surface area contributed by atoms with Gasteiger partial charge in [0.05, 0.1) is 23.9 Å². The van der Waals surface area contributed by atoms with Gasteiger partial charge in [-0.05, 0) is 6.07 Å². The molecule has 0 aliphatic heterocycles. The van der Waals surface area contributed by atoms with Crippen molar-refractivity contribution in [1.82, 2.24) is 9.88 Å². The molecule has 0 aliphatic rings. The maximum Gasteiger partial charge on any atom is 0.265 e. The molecule has 24 heavy (non-hydrogen) atoms. The molecule has 1 aromatic carbocycles. The number of para-hydroxylation sites is 1. The van der Waals surface area contributed by atoms with Crippen LogP contribution in [0.1, 0.15) is 9.67 Å². The van der Waals surface area contributed by atoms with Crippen molar-refractivity contribution in [2.75, 3.05) is 27.4 Å². The molecule has 2 heterocycles. The van der Waals surface area contributed by atoms with Gasteiger partial charge in [0.15, 0.2) is 5.75 Å². The van der Waals surface area contributed by atoms with E-state index in [4.69, 9.17) is 9.47 Å². The lowest BCUT2D eigenvalue weighted by molar-refractivity contribution is 0.0938. The van der Waals surface area contributed by atoms with E-state index in [1.807, 2.05) is 24.3 Å². The normalized spacial score (nSPS) is 11.1. The van der Waals surface area contributed by atoms with E-state index in [-0.39, 0.29) is 11.5 Å². The van der Waals surface area contributed by atoms with Crippen molar-refractivity contribution in [1.29, 1.82) is 0 Å². The zero-order chi connectivity index (χ0) is 17.3. The predicted molar refractivity (Wildman–Crippen MR) is 95.3 cm³/mol. The van der Waals surface area contributed by atoms with Crippen molar-refractivity contribution in [2.45, 2.75) is 0 Å². The van der Waals surface area contributed by atoms with E-state index in [0.717, 1.165) is 15.6 Å². The Bertz CT molecular complexity index is 974. The molecule has 1 amide bonds. The number of fused-ring (bicyclic) bond motifs is 3. The SMILES string of the molecule is COCCNC(=O)c1sc2c(c1OC)c(=O)n(C)c1ccccc21. The van der Waals surface area contributed by atoms with Crippen molar-refractivity contribution >= 4 is 38.2 Å². The van der Waals surface area contributed by atoms with Gasteiger partial charge in [-0.1, -0.05) is 18.2 Å². The fourth-order valence-electron chi connectivity index (χ4n) is 2.73. The number of nitrogens with zero attached hydrogens (tertiary/aromatic N) is 1. The third kappa shape index (κ3) is 2.55. The van der Waals surface area contributed by atoms with Crippen LogP contribution in [0.25, 0.3) is 21.0 Å². The summed E-state index contributed by atoms with van der Waals surface area (Å²) >= 11 is 1.28. The topological polar surface area (TPSA) is 69.6 Å². The van der Waals surface area contributed by atoms with E-state index in [9.17, 15) is 9.59 Å². The molecule has 0 atom stereocenters. The van der Waals surface area contributed by atoms with Gasteiger partial charge in [-0.15, -0.1) is 11.3 Å². The quantitative estimate of drug-likeness (QED) is 0.719. The summed E-state index contributed by atoms with van der Waals surface area (Å²) in [5.74, 6) is 0.0625. The average Bonchev–Trinajstić information content (AvgIpc) is 2.99. The van der Waals surface area contributed by atoms with Crippen LogP contribution < -0.4 is 15.6 Å². The molecule has 0 saturated carbocycles. The van der Waals surface area contributed by atoms with Crippen molar-refractivity contribution in [3.05, 3.63) is 39.5 Å². The number of nitrogens with one attached hydrogen (secondary N) is 1. The van der Waals surface area contributed by atoms with Gasteiger partial charge in [-0.2, -0.15) is 0 Å². The summed E-state index contributed by atoms with van der Waals surface area (Å²) in [4.78, 5) is 25.6. The maximum absolute atomic E-state index is 12.8. The number of thiophene rings is 1. The number of carbonyl (C=O) groups is 1. The lowest BCUT2D eigenvalue weighted by Crippen LogP contribution is -2.26. The van der Waals surface area contributed by atoms with Crippen LogP contribution in [0.3, 0.4) is 0 Å². The minimum absolute atomic E-state index is 0.173. The number of pyridine rings is 1. The molecule has 126 valence electrons. The summed E-state index contributed by atoms with van der Waals surface area (Å²) in [6.45, 7) is 0.815. The summed E-state index contributed by atoms with van der Waals surface area (Å²) in [5.41, 5.74) is 0.651. The first-order valence-electron chi connectivity index (χ1n) is 7.45. The first kappa shape index (κ1) is 16.5. The second-order valence-corrected chi connectivity index (χ2v) is 6.32. The number of aryl methyl sites for hydroxylation is 1. The number of ether oxygens (including phenoxy) is 2. The van der Waals surface area contributed by atoms with E-state index in [2.05, 4.69) is 5.32 Å². The first-order chi connectivity index (χ1) is 11.6. The Morgan fingerprint density at radius 2 is 2.04 bits per heavy atom. The van der Waals surface area contributed by atoms with Crippen molar-refractivity contribution < 1.29 is 14.3 Å². The van der Waals surface area contributed by atoms with Crippen LogP contribution in [0.15, 0.2) is 29.1 Å². The number of carbonyl (C=O) groups excluding carboxylic acids is 1. The number of rotatable bonds is 5. The second-order valence-electron chi connectivity index (χ2n) is 5.30. The number of methoxy groups -OCH3 is 2. The average molecular weight is 346 g/mol. The maximum atomic E-state index is 12.8. The van der Waals surface area contributed by atoms with E-state index >= 15 is 0 Å². The van der Waals surface area contributed by atoms with Crippen LogP contribution in [0, 0.1) is 0 Å². The van der Waals surface area contributed by atoms with Crippen molar-refractivity contribution in [2.24, 2.45) is 7.05 Å². The van der Waals surface area contributed by atoms with Crippen LogP contribution in [-0.4, -0.2) is 37.8 Å². The van der Waals surface area contributed by atoms with Crippen LogP contribution in [-0.2, 0) is 11.8 Å². The highest BCUT2D eigenvalue weighted by Gasteiger charge is 2.23. The minimum Gasteiger partial charge on any atom is -0.494 e. The highest BCUT2D eigenvalue weighted by molar-refractivity contribution is 7.22. The van der Waals surface area contributed by atoms with Gasteiger partial charge < -0.3 is 19.4 Å². The zero-order valence-corrected chi connectivity index (χ0v) is 14.5. The monoisotopic (exact) mass is 346 g/mol. The molecule has 3 rings (SSSR count). The summed E-state index contributed by atoms with van der Waals surface area (Å²) in [7, 11) is 4.77. The Balaban J connectivity index is 2.26. The Morgan fingerprint density at radius 3 is 2.75 bits per heavy atom. The highest BCUT2D eigenvalue weighted by atomic mass is 32.1. The second kappa shape index (κ2) is 6.62. The van der Waals surface area contributed by atoms with Gasteiger partial charge in [0, 0.05) is 26.1 Å². The number of hydrogen-bond acceptors (Lipinski definition) is 5. The fraction of sp³-hybridized carbons (Fsp3) is 0.294. The third-order valence-electron chi connectivity index (χ3n) is 3.90. The van der Waals surface area contributed by atoms with E-state index in [1.165, 1.54) is 18.4 Å². The third-order valence-corrected chi connectivity index (χ3v) is 5.10. The number of hydrogen-bond donors (Lipinski definition) is 1. The Kier molecular flexibility index (Phi) is 4.55. The molecule has 0 saturated heterocycles. The van der Waals surface area contributed by atoms with Crippen molar-refractivity contribution in [3.63, 3.8) is 0 Å². The van der Waals surface area contributed by atoms with Crippen molar-refractivity contribution in [3.8, 4) is 5.75 Å². The standard InChI is InChI=1S/C17H18N2O4S/c1-19-11-7-5-4-6-10(11)14-12(17(19)21)13(23-3)15(24-14)16(20)18-8-9-22-2/h4-7H,8-9H2,1-3H3,(H,18,20). The summed E-state index contributed by atoms with van der Waals surface area (Å²) in [6.07, 6.45) is 0. The Morgan fingerprint density at radius 1 is 1.29 bits per heavy atom. The van der Waals surface area contributed by atoms with Gasteiger partial charge in [0.25, 0.3) is 11.5 Å². The summed E-state index contributed by atoms with van der Waals surface area (Å²) < 4.78 is 12.7. The molecular weight excluding hydrogens is 328 g/mol. The highest BCUT2D eigenvalue weighted by Crippen LogP contribution is 2.39. The van der Waals surface area contributed by atoms with Gasteiger partial charge in [0.1, 0.15) is 10.3 Å². The Labute approximate surface area is 142 Å². The molecule has 0 unspecified atom stereocenters. The smallest absolute Gasteiger partial charge is 0.265 e. The van der Waals surface area contributed by atoms with Gasteiger partial charge in [0.2, 0.25) is 0 Å². The van der Waals surface area contributed by atoms with Gasteiger partial charge in [-0.25, -0.2) is 0 Å². The Hall–Kier alpha value is -2.38. The van der Waals surface area contributed by atoms with E-state index in [0.29, 0.717) is 29.2 Å². The molecule has 0 spiro atoms. The van der Waals surface area contributed by atoms with Crippen LogP contribution in [0.4, 0.5) is 0 Å². The predicted octanol–water partition coefficient (Wildman–Crippen LogP) is 2.14. The lowest BCUT2D eigenvalue weighted by Gasteiger charge is -2.07. The molecule has 1 N–H and O–H groups in total. The number of aromatic nitrogens is 1. The molecule has 6 nitrogen and oxygen atoms in total. The summed E-state index contributed by atoms with van der Waals surface area (Å²) in [6, 6.07) is 7.63. The van der Waals surface area contributed by atoms with Crippen LogP contribution in [0.5, 0.6) is 5.75 Å². The molecule has 0 fully saturated rings. The minimum atomic E-state index is -0.267. The lowest BCUT2D eigenvalue weighted by atomic mass is 10.1. The zero-order valence-electron chi connectivity index (χ0n) is 13.7.